The molecule has 0 unspecified atom stereocenters. The van der Waals surface area contributed by atoms with E-state index >= 15 is 0 Å². The van der Waals surface area contributed by atoms with E-state index in [0.29, 0.717) is 6.54 Å². The molecule has 1 aromatic carbocycles. The highest BCUT2D eigenvalue weighted by molar-refractivity contribution is 7.18. The van der Waals surface area contributed by atoms with Crippen LogP contribution in [0, 0.1) is 20.8 Å². The second-order valence-corrected chi connectivity index (χ2v) is 8.15. The zero-order chi connectivity index (χ0) is 18.3. The fourth-order valence-electron chi connectivity index (χ4n) is 3.57. The summed E-state index contributed by atoms with van der Waals surface area (Å²) in [6.45, 7) is 10.7. The average Bonchev–Trinajstić information content (AvgIpc) is 2.91. The third-order valence-corrected chi connectivity index (χ3v) is 6.30. The Labute approximate surface area is 157 Å². The largest absolute Gasteiger partial charge is 0.314 e. The highest BCUT2D eigenvalue weighted by atomic mass is 32.1. The third-order valence-electron chi connectivity index (χ3n) is 5.20. The van der Waals surface area contributed by atoms with Crippen molar-refractivity contribution >= 4 is 21.6 Å². The second-order valence-electron chi connectivity index (χ2n) is 6.94. The van der Waals surface area contributed by atoms with Crippen molar-refractivity contribution < 1.29 is 0 Å². The number of rotatable bonds is 3. The van der Waals surface area contributed by atoms with E-state index in [2.05, 4.69) is 17.1 Å². The van der Waals surface area contributed by atoms with Crippen molar-refractivity contribution in [2.45, 2.75) is 27.3 Å². The van der Waals surface area contributed by atoms with Crippen molar-refractivity contribution in [3.8, 4) is 5.69 Å². The summed E-state index contributed by atoms with van der Waals surface area (Å²) in [5.41, 5.74) is 3.12. The molecule has 4 rings (SSSR count). The fraction of sp³-hybridized carbons (Fsp3) is 0.400. The molecule has 3 heterocycles. The summed E-state index contributed by atoms with van der Waals surface area (Å²) in [5.74, 6) is 0.833. The van der Waals surface area contributed by atoms with Crippen LogP contribution >= 0.6 is 11.3 Å². The number of thiophene rings is 1. The van der Waals surface area contributed by atoms with Gasteiger partial charge in [-0.1, -0.05) is 18.2 Å². The molecule has 5 nitrogen and oxygen atoms in total. The van der Waals surface area contributed by atoms with Crippen molar-refractivity contribution in [1.29, 1.82) is 0 Å². The normalized spacial score (nSPS) is 15.7. The van der Waals surface area contributed by atoms with Crippen LogP contribution in [0.4, 0.5) is 0 Å². The standard InChI is InChI=1S/C20H24N4OS/c1-13-6-4-5-7-16(13)24-17(12-23-10-8-21-9-11-23)22-19-18(20(24)25)14(2)15(3)26-19/h4-7,21H,8-12H2,1-3H3. The SMILES string of the molecule is Cc1ccccc1-n1c(CN2CCNCC2)nc2sc(C)c(C)c2c1=O. The third kappa shape index (κ3) is 2.98. The average molecular weight is 369 g/mol. The predicted octanol–water partition coefficient (Wildman–Crippen LogP) is 2.78. The molecule has 1 N–H and O–H groups in total. The minimum absolute atomic E-state index is 0.0521. The van der Waals surface area contributed by atoms with E-state index in [1.807, 2.05) is 42.7 Å². The Kier molecular flexibility index (Phi) is 4.65. The first-order valence-corrected chi connectivity index (χ1v) is 9.88. The zero-order valence-corrected chi connectivity index (χ0v) is 16.3. The van der Waals surface area contributed by atoms with Gasteiger partial charge in [-0.3, -0.25) is 14.3 Å². The lowest BCUT2D eigenvalue weighted by Gasteiger charge is -2.27. The highest BCUT2D eigenvalue weighted by Crippen LogP contribution is 2.27. The van der Waals surface area contributed by atoms with Crippen LogP contribution in [0.3, 0.4) is 0 Å². The number of fused-ring (bicyclic) bond motifs is 1. The molecule has 0 radical (unpaired) electrons. The molecule has 2 aromatic heterocycles. The van der Waals surface area contributed by atoms with Crippen molar-refractivity contribution in [2.24, 2.45) is 0 Å². The first-order chi connectivity index (χ1) is 12.6. The molecule has 26 heavy (non-hydrogen) atoms. The Bertz CT molecular complexity index is 1010. The topological polar surface area (TPSA) is 50.2 Å². The molecule has 0 spiro atoms. The maximum atomic E-state index is 13.5. The molecule has 0 bridgehead atoms. The van der Waals surface area contributed by atoms with Gasteiger partial charge in [0.2, 0.25) is 0 Å². The number of nitrogens with zero attached hydrogens (tertiary/aromatic N) is 3. The first-order valence-electron chi connectivity index (χ1n) is 9.07. The van der Waals surface area contributed by atoms with Gasteiger partial charge in [-0.2, -0.15) is 0 Å². The summed E-state index contributed by atoms with van der Waals surface area (Å²) in [7, 11) is 0. The van der Waals surface area contributed by atoms with E-state index in [1.165, 1.54) is 4.88 Å². The molecule has 136 valence electrons. The molecular weight excluding hydrogens is 344 g/mol. The molecule has 0 amide bonds. The van der Waals surface area contributed by atoms with Gasteiger partial charge in [0.15, 0.2) is 0 Å². The molecule has 0 saturated carbocycles. The van der Waals surface area contributed by atoms with Gasteiger partial charge in [-0.05, 0) is 38.0 Å². The van der Waals surface area contributed by atoms with Crippen LogP contribution in [0.1, 0.15) is 21.8 Å². The molecule has 1 aliphatic heterocycles. The zero-order valence-electron chi connectivity index (χ0n) is 15.5. The number of piperazine rings is 1. The van der Waals surface area contributed by atoms with Gasteiger partial charge in [0.1, 0.15) is 10.7 Å². The van der Waals surface area contributed by atoms with Crippen LogP contribution < -0.4 is 10.9 Å². The summed E-state index contributed by atoms with van der Waals surface area (Å²) < 4.78 is 1.83. The monoisotopic (exact) mass is 368 g/mol. The van der Waals surface area contributed by atoms with Gasteiger partial charge in [-0.15, -0.1) is 11.3 Å². The fourth-order valence-corrected chi connectivity index (χ4v) is 4.61. The van der Waals surface area contributed by atoms with Crippen molar-refractivity contribution in [2.75, 3.05) is 26.2 Å². The Hall–Kier alpha value is -2.02. The number of aryl methyl sites for hydroxylation is 3. The quantitative estimate of drug-likeness (QED) is 0.772. The van der Waals surface area contributed by atoms with Gasteiger partial charge in [0.25, 0.3) is 5.56 Å². The van der Waals surface area contributed by atoms with Crippen LogP contribution in [0.25, 0.3) is 15.9 Å². The van der Waals surface area contributed by atoms with E-state index in [0.717, 1.165) is 59.0 Å². The lowest BCUT2D eigenvalue weighted by molar-refractivity contribution is 0.226. The summed E-state index contributed by atoms with van der Waals surface area (Å²) in [6.07, 6.45) is 0. The van der Waals surface area contributed by atoms with Crippen LogP contribution in [0.15, 0.2) is 29.1 Å². The van der Waals surface area contributed by atoms with E-state index < -0.39 is 0 Å². The minimum Gasteiger partial charge on any atom is -0.314 e. The maximum absolute atomic E-state index is 13.5. The van der Waals surface area contributed by atoms with Gasteiger partial charge >= 0.3 is 0 Å². The van der Waals surface area contributed by atoms with Crippen LogP contribution in [0.2, 0.25) is 0 Å². The van der Waals surface area contributed by atoms with Crippen molar-refractivity contribution in [3.05, 3.63) is 56.4 Å². The Morgan fingerprint density at radius 3 is 2.62 bits per heavy atom. The molecule has 1 fully saturated rings. The van der Waals surface area contributed by atoms with Gasteiger partial charge in [0, 0.05) is 31.1 Å². The molecule has 6 heteroatoms. The van der Waals surface area contributed by atoms with E-state index in [9.17, 15) is 4.79 Å². The number of hydrogen-bond acceptors (Lipinski definition) is 5. The summed E-state index contributed by atoms with van der Waals surface area (Å²) >= 11 is 1.62. The van der Waals surface area contributed by atoms with Crippen molar-refractivity contribution in [3.63, 3.8) is 0 Å². The van der Waals surface area contributed by atoms with E-state index in [1.54, 1.807) is 11.3 Å². The van der Waals surface area contributed by atoms with Gasteiger partial charge < -0.3 is 5.32 Å². The minimum atomic E-state index is 0.0521. The number of aromatic nitrogens is 2. The van der Waals surface area contributed by atoms with Crippen LogP contribution in [-0.4, -0.2) is 40.6 Å². The molecular formula is C20H24N4OS. The lowest BCUT2D eigenvalue weighted by atomic mass is 10.1. The summed E-state index contributed by atoms with van der Waals surface area (Å²) in [5, 5.41) is 4.14. The number of nitrogens with one attached hydrogen (secondary N) is 1. The summed E-state index contributed by atoms with van der Waals surface area (Å²) in [4.78, 5) is 22.8. The summed E-state index contributed by atoms with van der Waals surface area (Å²) in [6, 6.07) is 8.05. The molecule has 0 atom stereocenters. The first kappa shape index (κ1) is 17.4. The number of hydrogen-bond donors (Lipinski definition) is 1. The van der Waals surface area contributed by atoms with Gasteiger partial charge in [0.05, 0.1) is 17.6 Å². The highest BCUT2D eigenvalue weighted by Gasteiger charge is 2.20. The second kappa shape index (κ2) is 6.95. The number of para-hydroxylation sites is 1. The Morgan fingerprint density at radius 2 is 1.88 bits per heavy atom. The van der Waals surface area contributed by atoms with E-state index in [-0.39, 0.29) is 5.56 Å². The maximum Gasteiger partial charge on any atom is 0.267 e. The Balaban J connectivity index is 1.94. The molecule has 0 aliphatic carbocycles. The smallest absolute Gasteiger partial charge is 0.267 e. The van der Waals surface area contributed by atoms with E-state index in [4.69, 9.17) is 4.98 Å². The van der Waals surface area contributed by atoms with Crippen molar-refractivity contribution in [1.82, 2.24) is 19.8 Å². The number of benzene rings is 1. The van der Waals surface area contributed by atoms with Gasteiger partial charge in [-0.25, -0.2) is 4.98 Å². The van der Waals surface area contributed by atoms with Crippen LogP contribution in [-0.2, 0) is 6.54 Å². The lowest BCUT2D eigenvalue weighted by Crippen LogP contribution is -2.44. The van der Waals surface area contributed by atoms with Crippen LogP contribution in [0.5, 0.6) is 0 Å². The Morgan fingerprint density at radius 1 is 1.15 bits per heavy atom. The molecule has 1 saturated heterocycles. The molecule has 1 aliphatic rings. The molecule has 3 aromatic rings. The predicted molar refractivity (Wildman–Crippen MR) is 108 cm³/mol.